The summed E-state index contributed by atoms with van der Waals surface area (Å²) in [5, 5.41) is 0. The van der Waals surface area contributed by atoms with Gasteiger partial charge in [-0.05, 0) is 50.5 Å². The number of hydrogen-bond acceptors (Lipinski definition) is 6. The SMILES string of the molecule is COc1cc(CN(C(N)=O)[C@@H](COC(=O)C(C)(C)C)Cc2ccccc2)ccc1OCCN. The molecule has 0 radical (unpaired) electrons. The molecule has 180 valence electrons. The van der Waals surface area contributed by atoms with Gasteiger partial charge < -0.3 is 30.6 Å². The van der Waals surface area contributed by atoms with Crippen LogP contribution < -0.4 is 20.9 Å². The summed E-state index contributed by atoms with van der Waals surface area (Å²) in [7, 11) is 1.55. The smallest absolute Gasteiger partial charge is 0.315 e. The van der Waals surface area contributed by atoms with Gasteiger partial charge in [0.25, 0.3) is 0 Å². The molecule has 0 spiro atoms. The number of ether oxygens (including phenoxy) is 3. The molecule has 4 N–H and O–H groups in total. The van der Waals surface area contributed by atoms with E-state index < -0.39 is 17.5 Å². The first kappa shape index (κ1) is 26.0. The minimum Gasteiger partial charge on any atom is -0.493 e. The van der Waals surface area contributed by atoms with Gasteiger partial charge >= 0.3 is 12.0 Å². The first-order valence-electron chi connectivity index (χ1n) is 10.9. The third kappa shape index (κ3) is 7.98. The summed E-state index contributed by atoms with van der Waals surface area (Å²) in [6.07, 6.45) is 0.482. The summed E-state index contributed by atoms with van der Waals surface area (Å²) in [4.78, 5) is 26.4. The maximum absolute atomic E-state index is 12.5. The number of primary amides is 1. The van der Waals surface area contributed by atoms with E-state index in [4.69, 9.17) is 25.7 Å². The first-order chi connectivity index (χ1) is 15.7. The van der Waals surface area contributed by atoms with Crippen LogP contribution in [0.15, 0.2) is 48.5 Å². The first-order valence-corrected chi connectivity index (χ1v) is 10.9. The molecule has 2 aromatic rings. The van der Waals surface area contributed by atoms with Crippen molar-refractivity contribution in [2.45, 2.75) is 39.8 Å². The summed E-state index contributed by atoms with van der Waals surface area (Å²) in [6, 6.07) is 14.0. The molecule has 8 nitrogen and oxygen atoms in total. The molecule has 0 aliphatic carbocycles. The summed E-state index contributed by atoms with van der Waals surface area (Å²) in [5.41, 5.74) is 12.4. The molecule has 33 heavy (non-hydrogen) atoms. The summed E-state index contributed by atoms with van der Waals surface area (Å²) in [5.74, 6) is 0.759. The number of nitrogens with zero attached hydrogens (tertiary/aromatic N) is 1. The maximum Gasteiger partial charge on any atom is 0.315 e. The van der Waals surface area contributed by atoms with Crippen LogP contribution in [0.25, 0.3) is 0 Å². The Hall–Kier alpha value is -3.26. The molecule has 0 fully saturated rings. The maximum atomic E-state index is 12.5. The fourth-order valence-electron chi connectivity index (χ4n) is 3.22. The lowest BCUT2D eigenvalue weighted by molar-refractivity contribution is -0.154. The number of esters is 1. The van der Waals surface area contributed by atoms with Gasteiger partial charge in [-0.3, -0.25) is 4.79 Å². The molecule has 2 rings (SSSR count). The number of nitrogens with two attached hydrogens (primary N) is 2. The van der Waals surface area contributed by atoms with Gasteiger partial charge in [0.05, 0.1) is 18.6 Å². The van der Waals surface area contributed by atoms with Gasteiger partial charge in [-0.2, -0.15) is 0 Å². The molecule has 0 aliphatic heterocycles. The van der Waals surface area contributed by atoms with E-state index in [0.717, 1.165) is 11.1 Å². The number of urea groups is 1. The molecule has 0 bridgehead atoms. The second kappa shape index (κ2) is 12.1. The van der Waals surface area contributed by atoms with Crippen molar-refractivity contribution >= 4 is 12.0 Å². The Kier molecular flexibility index (Phi) is 9.54. The number of amides is 2. The Morgan fingerprint density at radius 1 is 1.03 bits per heavy atom. The van der Waals surface area contributed by atoms with Gasteiger partial charge in [0.15, 0.2) is 11.5 Å². The zero-order valence-corrected chi connectivity index (χ0v) is 19.9. The van der Waals surface area contributed by atoms with Crippen LogP contribution in [-0.4, -0.2) is 49.8 Å². The highest BCUT2D eigenvalue weighted by molar-refractivity contribution is 5.75. The lowest BCUT2D eigenvalue weighted by Gasteiger charge is -2.31. The molecule has 8 heteroatoms. The predicted octanol–water partition coefficient (Wildman–Crippen LogP) is 3.11. The van der Waals surface area contributed by atoms with Crippen LogP contribution in [0.4, 0.5) is 4.79 Å². The Balaban J connectivity index is 2.28. The van der Waals surface area contributed by atoms with E-state index in [-0.39, 0.29) is 19.1 Å². The zero-order chi connectivity index (χ0) is 24.4. The molecule has 2 aromatic carbocycles. The molecule has 0 aromatic heterocycles. The largest absolute Gasteiger partial charge is 0.493 e. The summed E-state index contributed by atoms with van der Waals surface area (Å²) < 4.78 is 16.6. The average molecular weight is 458 g/mol. The van der Waals surface area contributed by atoms with E-state index in [1.165, 1.54) is 4.90 Å². The number of carbonyl (C=O) groups is 2. The van der Waals surface area contributed by atoms with Crippen molar-refractivity contribution in [3.05, 3.63) is 59.7 Å². The van der Waals surface area contributed by atoms with Crippen LogP contribution in [0.1, 0.15) is 31.9 Å². The molecule has 1 atom stereocenters. The molecule has 0 heterocycles. The Bertz CT molecular complexity index is 912. The van der Waals surface area contributed by atoms with E-state index in [1.54, 1.807) is 40.0 Å². The Morgan fingerprint density at radius 3 is 2.30 bits per heavy atom. The molecule has 0 aliphatic rings. The highest BCUT2D eigenvalue weighted by Crippen LogP contribution is 2.29. The van der Waals surface area contributed by atoms with E-state index in [0.29, 0.717) is 31.1 Å². The van der Waals surface area contributed by atoms with Crippen molar-refractivity contribution in [2.75, 3.05) is 26.9 Å². The highest BCUT2D eigenvalue weighted by Gasteiger charge is 2.28. The van der Waals surface area contributed by atoms with Gasteiger partial charge in [-0.25, -0.2) is 4.79 Å². The third-order valence-corrected chi connectivity index (χ3v) is 5.01. The zero-order valence-electron chi connectivity index (χ0n) is 19.9. The van der Waals surface area contributed by atoms with E-state index in [9.17, 15) is 9.59 Å². The van der Waals surface area contributed by atoms with Crippen molar-refractivity contribution in [1.29, 1.82) is 0 Å². The van der Waals surface area contributed by atoms with Crippen molar-refractivity contribution in [3.63, 3.8) is 0 Å². The highest BCUT2D eigenvalue weighted by atomic mass is 16.5. The molecule has 0 saturated heterocycles. The molecule has 0 unspecified atom stereocenters. The van der Waals surface area contributed by atoms with Crippen molar-refractivity contribution in [1.82, 2.24) is 4.90 Å². The molecule has 0 saturated carbocycles. The van der Waals surface area contributed by atoms with E-state index in [1.807, 2.05) is 36.4 Å². The van der Waals surface area contributed by atoms with Gasteiger partial charge in [0, 0.05) is 13.1 Å². The lowest BCUT2D eigenvalue weighted by Crippen LogP contribution is -2.47. The van der Waals surface area contributed by atoms with Crippen molar-refractivity contribution in [2.24, 2.45) is 16.9 Å². The van der Waals surface area contributed by atoms with Crippen molar-refractivity contribution in [3.8, 4) is 11.5 Å². The predicted molar refractivity (Wildman–Crippen MR) is 127 cm³/mol. The quantitative estimate of drug-likeness (QED) is 0.501. The summed E-state index contributed by atoms with van der Waals surface area (Å²) in [6.45, 7) is 6.35. The molecular weight excluding hydrogens is 422 g/mol. The lowest BCUT2D eigenvalue weighted by atomic mass is 9.97. The number of rotatable bonds is 11. The fraction of sp³-hybridized carbons (Fsp3) is 0.440. The number of carbonyl (C=O) groups excluding carboxylic acids is 2. The minimum absolute atomic E-state index is 0.0305. The van der Waals surface area contributed by atoms with Gasteiger partial charge in [0.2, 0.25) is 0 Å². The van der Waals surface area contributed by atoms with Gasteiger partial charge in [-0.1, -0.05) is 36.4 Å². The standard InChI is InChI=1S/C25H35N3O5/c1-25(2,3)23(29)33-17-20(14-18-8-6-5-7-9-18)28(24(27)30)16-19-10-11-21(32-13-12-26)22(15-19)31-4/h5-11,15,20H,12-14,16-17,26H2,1-4H3,(H2,27,30)/t20-/m1/s1. The van der Waals surface area contributed by atoms with Crippen LogP contribution >= 0.6 is 0 Å². The van der Waals surface area contributed by atoms with Crippen LogP contribution in [0.2, 0.25) is 0 Å². The van der Waals surface area contributed by atoms with Gasteiger partial charge in [-0.15, -0.1) is 0 Å². The number of benzene rings is 2. The number of methoxy groups -OCH3 is 1. The van der Waals surface area contributed by atoms with Crippen molar-refractivity contribution < 1.29 is 23.8 Å². The Labute approximate surface area is 195 Å². The topological polar surface area (TPSA) is 117 Å². The molecular formula is C25H35N3O5. The molecule has 2 amide bonds. The van der Waals surface area contributed by atoms with E-state index in [2.05, 4.69) is 0 Å². The van der Waals surface area contributed by atoms with Gasteiger partial charge in [0.1, 0.15) is 13.2 Å². The number of hydrogen-bond donors (Lipinski definition) is 2. The van der Waals surface area contributed by atoms with E-state index >= 15 is 0 Å². The van der Waals surface area contributed by atoms with Crippen LogP contribution in [0, 0.1) is 5.41 Å². The Morgan fingerprint density at radius 2 is 1.73 bits per heavy atom. The van der Waals surface area contributed by atoms with Crippen LogP contribution in [-0.2, 0) is 22.5 Å². The normalized spacial score (nSPS) is 12.0. The summed E-state index contributed by atoms with van der Waals surface area (Å²) >= 11 is 0. The second-order valence-corrected chi connectivity index (χ2v) is 8.78. The van der Waals surface area contributed by atoms with Crippen LogP contribution in [0.3, 0.4) is 0 Å². The fourth-order valence-corrected chi connectivity index (χ4v) is 3.22. The second-order valence-electron chi connectivity index (χ2n) is 8.78. The average Bonchev–Trinajstić information content (AvgIpc) is 2.78. The minimum atomic E-state index is -0.651. The van der Waals surface area contributed by atoms with Crippen LogP contribution in [0.5, 0.6) is 11.5 Å². The monoisotopic (exact) mass is 457 g/mol. The third-order valence-electron chi connectivity index (χ3n) is 5.01.